The van der Waals surface area contributed by atoms with Gasteiger partial charge in [-0.05, 0) is 32.4 Å². The van der Waals surface area contributed by atoms with Gasteiger partial charge >= 0.3 is 0 Å². The van der Waals surface area contributed by atoms with Gasteiger partial charge in [-0.3, -0.25) is 0 Å². The van der Waals surface area contributed by atoms with Crippen molar-refractivity contribution in [1.29, 1.82) is 0 Å². The second kappa shape index (κ2) is 5.78. The van der Waals surface area contributed by atoms with Crippen molar-refractivity contribution in [3.8, 4) is 0 Å². The van der Waals surface area contributed by atoms with Crippen LogP contribution in [-0.4, -0.2) is 27.4 Å². The van der Waals surface area contributed by atoms with Gasteiger partial charge in [-0.25, -0.2) is 23.1 Å². The van der Waals surface area contributed by atoms with E-state index in [0.717, 1.165) is 11.2 Å². The second-order valence-electron chi connectivity index (χ2n) is 5.73. The van der Waals surface area contributed by atoms with E-state index in [1.54, 1.807) is 4.57 Å². The summed E-state index contributed by atoms with van der Waals surface area (Å²) in [6.45, 7) is 6.02. The Bertz CT molecular complexity index is 940. The van der Waals surface area contributed by atoms with Crippen LogP contribution < -0.4 is 4.72 Å². The zero-order valence-electron chi connectivity index (χ0n) is 13.3. The Hall–Kier alpha value is -2.19. The van der Waals surface area contributed by atoms with Gasteiger partial charge in [0.15, 0.2) is 5.03 Å². The molecule has 3 heterocycles. The summed E-state index contributed by atoms with van der Waals surface area (Å²) in [6, 6.07) is 4.05. The number of rotatable bonds is 5. The van der Waals surface area contributed by atoms with Crippen LogP contribution in [0.25, 0.3) is 5.65 Å². The number of nitrogens with zero attached hydrogens (tertiary/aromatic N) is 4. The van der Waals surface area contributed by atoms with Gasteiger partial charge in [0, 0.05) is 24.6 Å². The average molecular weight is 333 g/mol. The molecule has 0 saturated heterocycles. The summed E-state index contributed by atoms with van der Waals surface area (Å²) in [6.07, 6.45) is 6.75. The van der Waals surface area contributed by atoms with Crippen LogP contribution in [0.1, 0.15) is 31.1 Å². The number of pyridine rings is 1. The monoisotopic (exact) mass is 333 g/mol. The third-order valence-electron chi connectivity index (χ3n) is 3.62. The van der Waals surface area contributed by atoms with E-state index in [4.69, 9.17) is 0 Å². The Morgan fingerprint density at radius 3 is 2.74 bits per heavy atom. The van der Waals surface area contributed by atoms with E-state index in [0.29, 0.717) is 5.69 Å². The Kier molecular flexibility index (Phi) is 3.95. The lowest BCUT2D eigenvalue weighted by atomic mass is 10.3. The van der Waals surface area contributed by atoms with Crippen molar-refractivity contribution in [2.45, 2.75) is 38.4 Å². The first kappa shape index (κ1) is 15.7. The Morgan fingerprint density at radius 1 is 1.30 bits per heavy atom. The summed E-state index contributed by atoms with van der Waals surface area (Å²) in [5, 5.41) is 0.0196. The summed E-state index contributed by atoms with van der Waals surface area (Å²) in [7, 11) is -3.65. The van der Waals surface area contributed by atoms with Crippen LogP contribution in [0.5, 0.6) is 0 Å². The maximum atomic E-state index is 12.3. The van der Waals surface area contributed by atoms with Gasteiger partial charge < -0.3 is 8.97 Å². The van der Waals surface area contributed by atoms with Gasteiger partial charge in [-0.15, -0.1) is 0 Å². The topological polar surface area (TPSA) is 81.3 Å². The van der Waals surface area contributed by atoms with Crippen molar-refractivity contribution >= 4 is 15.7 Å². The molecule has 1 N–H and O–H groups in total. The first-order valence-electron chi connectivity index (χ1n) is 7.33. The van der Waals surface area contributed by atoms with E-state index in [1.807, 2.05) is 49.7 Å². The lowest BCUT2D eigenvalue weighted by molar-refractivity contribution is 0.575. The lowest BCUT2D eigenvalue weighted by Gasteiger charge is -2.04. The molecule has 0 aromatic carbocycles. The first-order chi connectivity index (χ1) is 10.9. The standard InChI is InChI=1S/C15H19N5O2S/c1-11(2)20-9-14(16-10-20)23(21,22)17-7-13-8-19-6-4-5-12(3)15(19)18-13/h4-6,8-11,17H,7H2,1-3H3. The minimum Gasteiger partial charge on any atom is -0.334 e. The molecule has 3 aromatic heterocycles. The van der Waals surface area contributed by atoms with Crippen molar-refractivity contribution in [2.75, 3.05) is 0 Å². The highest BCUT2D eigenvalue weighted by atomic mass is 32.2. The summed E-state index contributed by atoms with van der Waals surface area (Å²) < 4.78 is 30.8. The number of hydrogen-bond acceptors (Lipinski definition) is 4. The van der Waals surface area contributed by atoms with Crippen molar-refractivity contribution < 1.29 is 8.42 Å². The maximum Gasteiger partial charge on any atom is 0.259 e. The van der Waals surface area contributed by atoms with Gasteiger partial charge in [0.25, 0.3) is 10.0 Å². The molecule has 0 fully saturated rings. The summed E-state index contributed by atoms with van der Waals surface area (Å²) in [5.74, 6) is 0. The molecule has 122 valence electrons. The number of imidazole rings is 2. The van der Waals surface area contributed by atoms with Crippen LogP contribution in [-0.2, 0) is 16.6 Å². The zero-order chi connectivity index (χ0) is 16.6. The summed E-state index contributed by atoms with van der Waals surface area (Å²) >= 11 is 0. The highest BCUT2D eigenvalue weighted by Gasteiger charge is 2.18. The molecule has 0 aliphatic heterocycles. The molecule has 0 atom stereocenters. The van der Waals surface area contributed by atoms with Crippen LogP contribution in [0.15, 0.2) is 42.1 Å². The molecule has 0 radical (unpaired) electrons. The van der Waals surface area contributed by atoms with Gasteiger partial charge in [0.05, 0.1) is 18.6 Å². The molecule has 7 nitrogen and oxygen atoms in total. The number of hydrogen-bond donors (Lipinski definition) is 1. The van der Waals surface area contributed by atoms with Crippen LogP contribution in [0.3, 0.4) is 0 Å². The summed E-state index contributed by atoms with van der Waals surface area (Å²) in [4.78, 5) is 8.42. The first-order valence-corrected chi connectivity index (χ1v) is 8.81. The molecule has 0 saturated carbocycles. The molecule has 3 aromatic rings. The third-order valence-corrected chi connectivity index (χ3v) is 4.91. The highest BCUT2D eigenvalue weighted by molar-refractivity contribution is 7.89. The maximum absolute atomic E-state index is 12.3. The van der Waals surface area contributed by atoms with Crippen molar-refractivity contribution in [3.63, 3.8) is 0 Å². The Balaban J connectivity index is 1.78. The Morgan fingerprint density at radius 2 is 2.09 bits per heavy atom. The van der Waals surface area contributed by atoms with E-state index in [1.165, 1.54) is 12.5 Å². The molecule has 0 aliphatic rings. The normalized spacial score (nSPS) is 12.3. The molecule has 0 amide bonds. The average Bonchev–Trinajstić information content (AvgIpc) is 3.13. The minimum absolute atomic E-state index is 0.0196. The molecule has 0 unspecified atom stereocenters. The Labute approximate surface area is 135 Å². The lowest BCUT2D eigenvalue weighted by Crippen LogP contribution is -2.23. The number of aromatic nitrogens is 4. The van der Waals surface area contributed by atoms with E-state index < -0.39 is 10.0 Å². The van der Waals surface area contributed by atoms with Gasteiger partial charge in [0.2, 0.25) is 0 Å². The van der Waals surface area contributed by atoms with Gasteiger partial charge in [0.1, 0.15) is 5.65 Å². The fourth-order valence-corrected chi connectivity index (χ4v) is 3.20. The fraction of sp³-hybridized carbons (Fsp3) is 0.333. The van der Waals surface area contributed by atoms with E-state index in [9.17, 15) is 8.42 Å². The number of fused-ring (bicyclic) bond motifs is 1. The van der Waals surface area contributed by atoms with Crippen molar-refractivity contribution in [3.05, 3.63) is 48.3 Å². The summed E-state index contributed by atoms with van der Waals surface area (Å²) in [5.41, 5.74) is 2.52. The highest BCUT2D eigenvalue weighted by Crippen LogP contribution is 2.12. The molecule has 0 aliphatic carbocycles. The minimum atomic E-state index is -3.65. The molecule has 0 bridgehead atoms. The van der Waals surface area contributed by atoms with Crippen LogP contribution in [0.2, 0.25) is 0 Å². The largest absolute Gasteiger partial charge is 0.334 e. The van der Waals surface area contributed by atoms with Gasteiger partial charge in [-0.1, -0.05) is 6.07 Å². The molecule has 8 heteroatoms. The van der Waals surface area contributed by atoms with E-state index in [-0.39, 0.29) is 17.6 Å². The number of aryl methyl sites for hydroxylation is 1. The SMILES string of the molecule is Cc1cccn2cc(CNS(=O)(=O)c3cn(C(C)C)cn3)nc12. The zero-order valence-corrected chi connectivity index (χ0v) is 14.1. The fourth-order valence-electron chi connectivity index (χ4n) is 2.27. The molecule has 0 spiro atoms. The van der Waals surface area contributed by atoms with E-state index >= 15 is 0 Å². The molecule has 3 rings (SSSR count). The second-order valence-corrected chi connectivity index (χ2v) is 7.45. The van der Waals surface area contributed by atoms with Crippen LogP contribution in [0.4, 0.5) is 0 Å². The van der Waals surface area contributed by atoms with Crippen molar-refractivity contribution in [1.82, 2.24) is 23.7 Å². The predicted octanol–water partition coefficient (Wildman–Crippen LogP) is 1.90. The third kappa shape index (κ3) is 3.13. The molecular weight excluding hydrogens is 314 g/mol. The number of sulfonamides is 1. The molecular formula is C15H19N5O2S. The smallest absolute Gasteiger partial charge is 0.259 e. The van der Waals surface area contributed by atoms with Crippen LogP contribution in [0, 0.1) is 6.92 Å². The quantitative estimate of drug-likeness (QED) is 0.773. The number of nitrogens with one attached hydrogen (secondary N) is 1. The van der Waals surface area contributed by atoms with Gasteiger partial charge in [-0.2, -0.15) is 0 Å². The van der Waals surface area contributed by atoms with Crippen molar-refractivity contribution in [2.24, 2.45) is 0 Å². The van der Waals surface area contributed by atoms with Crippen LogP contribution >= 0.6 is 0 Å². The van der Waals surface area contributed by atoms with E-state index in [2.05, 4.69) is 14.7 Å². The predicted molar refractivity (Wildman–Crippen MR) is 86.6 cm³/mol. The molecule has 23 heavy (non-hydrogen) atoms.